The van der Waals surface area contributed by atoms with Crippen LogP contribution in [0.15, 0.2) is 34.7 Å². The molecule has 5 heteroatoms. The lowest BCUT2D eigenvalue weighted by Crippen LogP contribution is -2.30. The van der Waals surface area contributed by atoms with Crippen molar-refractivity contribution in [2.45, 2.75) is 25.9 Å². The molecule has 1 saturated heterocycles. The first-order valence-electron chi connectivity index (χ1n) is 8.35. The topological polar surface area (TPSA) is 53.7 Å². The van der Waals surface area contributed by atoms with Crippen molar-refractivity contribution in [3.05, 3.63) is 46.7 Å². The zero-order chi connectivity index (χ0) is 16.8. The molecule has 2 aliphatic rings. The van der Waals surface area contributed by atoms with Crippen molar-refractivity contribution in [3.63, 3.8) is 0 Å². The second kappa shape index (κ2) is 5.94. The summed E-state index contributed by atoms with van der Waals surface area (Å²) in [6, 6.07) is 9.25. The Hall–Kier alpha value is -1.78. The molecule has 0 radical (unpaired) electrons. The molecule has 1 unspecified atom stereocenters. The Balaban J connectivity index is 1.57. The monoisotopic (exact) mass is 345 g/mol. The molecule has 24 heavy (non-hydrogen) atoms. The summed E-state index contributed by atoms with van der Waals surface area (Å²) in [5, 5.41) is 10.4. The molecule has 0 bridgehead atoms. The van der Waals surface area contributed by atoms with E-state index in [1.54, 1.807) is 6.07 Å². The van der Waals surface area contributed by atoms with Gasteiger partial charge in [0.15, 0.2) is 0 Å². The van der Waals surface area contributed by atoms with E-state index in [4.69, 9.17) is 16.0 Å². The van der Waals surface area contributed by atoms with Gasteiger partial charge in [-0.25, -0.2) is 0 Å². The molecule has 126 valence electrons. The predicted octanol–water partition coefficient (Wildman–Crippen LogP) is 3.75. The molecular formula is C19H20ClNO3. The molecular weight excluding hydrogens is 326 g/mol. The van der Waals surface area contributed by atoms with E-state index in [1.165, 1.54) is 0 Å². The number of nitrogens with zero attached hydrogens (tertiary/aromatic N) is 1. The average molecular weight is 346 g/mol. The second-order valence-corrected chi connectivity index (χ2v) is 7.32. The van der Waals surface area contributed by atoms with Crippen LogP contribution in [0.25, 0.3) is 11.3 Å². The van der Waals surface area contributed by atoms with Crippen molar-refractivity contribution in [2.75, 3.05) is 13.1 Å². The number of carbonyl (C=O) groups is 1. The molecule has 4 rings (SSSR count). The Labute approximate surface area is 146 Å². The highest BCUT2D eigenvalue weighted by molar-refractivity contribution is 6.33. The summed E-state index contributed by atoms with van der Waals surface area (Å²) in [7, 11) is 0. The van der Waals surface area contributed by atoms with Crippen LogP contribution < -0.4 is 0 Å². The van der Waals surface area contributed by atoms with Gasteiger partial charge < -0.3 is 14.4 Å². The minimum absolute atomic E-state index is 0.0124. The van der Waals surface area contributed by atoms with Crippen LogP contribution in [0.1, 0.15) is 29.0 Å². The molecule has 1 aromatic carbocycles. The largest absolute Gasteiger partial charge is 0.460 e. The maximum atomic E-state index is 12.9. The molecule has 1 N–H and O–H groups in total. The van der Waals surface area contributed by atoms with Gasteiger partial charge in [0.05, 0.1) is 16.7 Å². The summed E-state index contributed by atoms with van der Waals surface area (Å²) < 4.78 is 5.80. The van der Waals surface area contributed by atoms with Gasteiger partial charge in [-0.2, -0.15) is 0 Å². The molecule has 4 nitrogen and oxygen atoms in total. The van der Waals surface area contributed by atoms with Crippen molar-refractivity contribution >= 4 is 17.5 Å². The smallest absolute Gasteiger partial charge is 0.257 e. The summed E-state index contributed by atoms with van der Waals surface area (Å²) in [4.78, 5) is 14.8. The number of aliphatic hydroxyl groups is 1. The Bertz CT molecular complexity index is 771. The summed E-state index contributed by atoms with van der Waals surface area (Å²) in [6.07, 6.45) is 1.42. The SMILES string of the molecule is Cc1oc(-c2ccccc2Cl)cc1C(=O)N1C[C@H]2CC(O)C[C@H]2C1. The number of benzene rings is 1. The maximum absolute atomic E-state index is 12.9. The standard InChI is InChI=1S/C19H20ClNO3/c1-11-16(8-18(24-11)15-4-2-3-5-17(15)20)19(23)21-9-12-6-14(22)7-13(12)10-21/h2-5,8,12-14,22H,6-7,9-10H2,1H3/t12-,13+,14?. The van der Waals surface area contributed by atoms with Crippen LogP contribution in [-0.2, 0) is 0 Å². The lowest BCUT2D eigenvalue weighted by atomic mass is 10.0. The van der Waals surface area contributed by atoms with Crippen molar-refractivity contribution in [1.29, 1.82) is 0 Å². The average Bonchev–Trinajstić information content (AvgIpc) is 3.19. The van der Waals surface area contributed by atoms with Gasteiger partial charge in [-0.15, -0.1) is 0 Å². The highest BCUT2D eigenvalue weighted by Gasteiger charge is 2.42. The minimum atomic E-state index is -0.195. The molecule has 0 spiro atoms. The summed E-state index contributed by atoms with van der Waals surface area (Å²) in [5.41, 5.74) is 1.40. The Morgan fingerprint density at radius 1 is 1.25 bits per heavy atom. The van der Waals surface area contributed by atoms with Crippen LogP contribution in [0.4, 0.5) is 0 Å². The first-order chi connectivity index (χ1) is 11.5. The van der Waals surface area contributed by atoms with E-state index in [9.17, 15) is 9.90 Å². The number of aryl methyl sites for hydroxylation is 1. The van der Waals surface area contributed by atoms with Crippen LogP contribution in [0.5, 0.6) is 0 Å². The molecule has 3 atom stereocenters. The van der Waals surface area contributed by atoms with Crippen LogP contribution in [0, 0.1) is 18.8 Å². The summed E-state index contributed by atoms with van der Waals surface area (Å²) >= 11 is 6.23. The van der Waals surface area contributed by atoms with E-state index >= 15 is 0 Å². The first kappa shape index (κ1) is 15.7. The van der Waals surface area contributed by atoms with Gasteiger partial charge in [-0.05, 0) is 49.8 Å². The number of fused-ring (bicyclic) bond motifs is 1. The number of furan rings is 1. The number of carbonyl (C=O) groups excluding carboxylic acids is 1. The van der Waals surface area contributed by atoms with Gasteiger partial charge >= 0.3 is 0 Å². The number of halogens is 1. The third-order valence-electron chi connectivity index (χ3n) is 5.30. The van der Waals surface area contributed by atoms with Crippen molar-refractivity contribution in [2.24, 2.45) is 11.8 Å². The van der Waals surface area contributed by atoms with Crippen molar-refractivity contribution < 1.29 is 14.3 Å². The fraction of sp³-hybridized carbons (Fsp3) is 0.421. The molecule has 1 amide bonds. The Kier molecular flexibility index (Phi) is 3.89. The minimum Gasteiger partial charge on any atom is -0.460 e. The molecule has 2 heterocycles. The van der Waals surface area contributed by atoms with Crippen molar-refractivity contribution in [1.82, 2.24) is 4.90 Å². The van der Waals surface area contributed by atoms with E-state index in [1.807, 2.05) is 36.1 Å². The van der Waals surface area contributed by atoms with Gasteiger partial charge in [0.25, 0.3) is 5.91 Å². The second-order valence-electron chi connectivity index (χ2n) is 6.92. The summed E-state index contributed by atoms with van der Waals surface area (Å²) in [6.45, 7) is 3.27. The van der Waals surface area contributed by atoms with Crippen LogP contribution in [0.3, 0.4) is 0 Å². The lowest BCUT2D eigenvalue weighted by Gasteiger charge is -2.17. The number of amides is 1. The highest BCUT2D eigenvalue weighted by Crippen LogP contribution is 2.39. The molecule has 2 aromatic rings. The van der Waals surface area contributed by atoms with Gasteiger partial charge in [-0.3, -0.25) is 4.79 Å². The van der Waals surface area contributed by atoms with Crippen LogP contribution in [-0.4, -0.2) is 35.1 Å². The quantitative estimate of drug-likeness (QED) is 0.901. The van der Waals surface area contributed by atoms with Gasteiger partial charge in [0, 0.05) is 18.7 Å². The molecule has 2 fully saturated rings. The van der Waals surface area contributed by atoms with E-state index in [-0.39, 0.29) is 12.0 Å². The molecule has 1 saturated carbocycles. The van der Waals surface area contributed by atoms with Gasteiger partial charge in [-0.1, -0.05) is 23.7 Å². The Morgan fingerprint density at radius 2 is 1.92 bits per heavy atom. The number of hydrogen-bond donors (Lipinski definition) is 1. The van der Waals surface area contributed by atoms with Crippen molar-refractivity contribution in [3.8, 4) is 11.3 Å². The lowest BCUT2D eigenvalue weighted by molar-refractivity contribution is 0.0763. The van der Waals surface area contributed by atoms with E-state index in [2.05, 4.69) is 0 Å². The van der Waals surface area contributed by atoms with Gasteiger partial charge in [0.2, 0.25) is 0 Å². The van der Waals surface area contributed by atoms with E-state index in [0.717, 1.165) is 31.5 Å². The fourth-order valence-electron chi connectivity index (χ4n) is 4.09. The third-order valence-corrected chi connectivity index (χ3v) is 5.63. The zero-order valence-corrected chi connectivity index (χ0v) is 14.3. The summed E-state index contributed by atoms with van der Waals surface area (Å²) in [5.74, 6) is 2.11. The zero-order valence-electron chi connectivity index (χ0n) is 13.5. The highest BCUT2D eigenvalue weighted by atomic mass is 35.5. The number of rotatable bonds is 2. The normalized spacial score (nSPS) is 26.0. The molecule has 1 aliphatic heterocycles. The first-order valence-corrected chi connectivity index (χ1v) is 8.73. The number of aliphatic hydroxyl groups excluding tert-OH is 1. The molecule has 1 aromatic heterocycles. The fourth-order valence-corrected chi connectivity index (χ4v) is 4.32. The number of likely N-dealkylation sites (tertiary alicyclic amines) is 1. The maximum Gasteiger partial charge on any atom is 0.257 e. The van der Waals surface area contributed by atoms with Crippen LogP contribution >= 0.6 is 11.6 Å². The third kappa shape index (κ3) is 2.64. The van der Waals surface area contributed by atoms with E-state index < -0.39 is 0 Å². The predicted molar refractivity (Wildman–Crippen MR) is 92.0 cm³/mol. The molecule has 1 aliphatic carbocycles. The van der Waals surface area contributed by atoms with Gasteiger partial charge in [0.1, 0.15) is 11.5 Å². The van der Waals surface area contributed by atoms with Crippen LogP contribution in [0.2, 0.25) is 5.02 Å². The van der Waals surface area contributed by atoms with E-state index in [0.29, 0.717) is 33.9 Å². The number of hydrogen-bond acceptors (Lipinski definition) is 3. The Morgan fingerprint density at radius 3 is 2.58 bits per heavy atom.